The molecular formula is C21H36IN5O2. The van der Waals surface area contributed by atoms with Gasteiger partial charge in [-0.25, -0.2) is 0 Å². The van der Waals surface area contributed by atoms with Crippen molar-refractivity contribution in [2.45, 2.75) is 38.6 Å². The molecular weight excluding hydrogens is 481 g/mol. The number of likely N-dealkylation sites (tertiary alicyclic amines) is 1. The zero-order chi connectivity index (χ0) is 20.2. The molecule has 1 aromatic rings. The molecule has 0 bridgehead atoms. The van der Waals surface area contributed by atoms with Crippen LogP contribution in [0.5, 0.6) is 5.75 Å². The van der Waals surface area contributed by atoms with E-state index in [4.69, 9.17) is 4.74 Å². The van der Waals surface area contributed by atoms with Crippen LogP contribution in [0.25, 0.3) is 0 Å². The van der Waals surface area contributed by atoms with E-state index in [1.54, 1.807) is 14.2 Å². The van der Waals surface area contributed by atoms with Gasteiger partial charge in [0.25, 0.3) is 0 Å². The van der Waals surface area contributed by atoms with Crippen molar-refractivity contribution >= 4 is 35.8 Å². The number of guanidine groups is 1. The second kappa shape index (κ2) is 14.4. The standard InChI is InChI=1S/C21H35N5O2.HI/c1-4-12-23-20(27)16-25-21(22-2)24-15-19(26-13-6-5-7-14-26)17-8-10-18(28-3)11-9-17;/h8-11,19H,4-7,12-16H2,1-3H3,(H,23,27)(H2,22,24,25);1H. The maximum atomic E-state index is 11.8. The van der Waals surface area contributed by atoms with Gasteiger partial charge in [0.2, 0.25) is 5.91 Å². The number of nitrogens with one attached hydrogen (secondary N) is 3. The predicted octanol–water partition coefficient (Wildman–Crippen LogP) is 2.53. The third-order valence-corrected chi connectivity index (χ3v) is 5.01. The summed E-state index contributed by atoms with van der Waals surface area (Å²) in [5.74, 6) is 1.49. The molecule has 0 aromatic heterocycles. The smallest absolute Gasteiger partial charge is 0.239 e. The Kier molecular flexibility index (Phi) is 12.7. The minimum absolute atomic E-state index is 0. The summed E-state index contributed by atoms with van der Waals surface area (Å²) in [5.41, 5.74) is 1.26. The van der Waals surface area contributed by atoms with Crippen molar-refractivity contribution in [2.24, 2.45) is 4.99 Å². The fourth-order valence-corrected chi connectivity index (χ4v) is 3.42. The fraction of sp³-hybridized carbons (Fsp3) is 0.619. The van der Waals surface area contributed by atoms with Gasteiger partial charge in [0.05, 0.1) is 19.7 Å². The number of aliphatic imine (C=N–C) groups is 1. The van der Waals surface area contributed by atoms with Crippen molar-refractivity contribution in [3.8, 4) is 5.75 Å². The predicted molar refractivity (Wildman–Crippen MR) is 129 cm³/mol. The lowest BCUT2D eigenvalue weighted by molar-refractivity contribution is -0.120. The van der Waals surface area contributed by atoms with Crippen molar-refractivity contribution in [3.63, 3.8) is 0 Å². The highest BCUT2D eigenvalue weighted by Gasteiger charge is 2.22. The van der Waals surface area contributed by atoms with Crippen LogP contribution in [0.1, 0.15) is 44.2 Å². The minimum Gasteiger partial charge on any atom is -0.497 e. The van der Waals surface area contributed by atoms with Gasteiger partial charge in [-0.05, 0) is 50.0 Å². The Morgan fingerprint density at radius 3 is 2.41 bits per heavy atom. The first-order chi connectivity index (χ1) is 13.7. The largest absolute Gasteiger partial charge is 0.497 e. The van der Waals surface area contributed by atoms with Crippen LogP contribution in [0.3, 0.4) is 0 Å². The maximum Gasteiger partial charge on any atom is 0.239 e. The highest BCUT2D eigenvalue weighted by atomic mass is 127. The Hall–Kier alpha value is -1.55. The number of amides is 1. The third-order valence-electron chi connectivity index (χ3n) is 5.01. The number of benzene rings is 1. The molecule has 7 nitrogen and oxygen atoms in total. The summed E-state index contributed by atoms with van der Waals surface area (Å²) in [6.45, 7) is 5.88. The Morgan fingerprint density at radius 2 is 1.83 bits per heavy atom. The van der Waals surface area contributed by atoms with Crippen LogP contribution in [-0.4, -0.2) is 63.6 Å². The molecule has 1 aliphatic heterocycles. The number of nitrogens with zero attached hydrogens (tertiary/aromatic N) is 2. The van der Waals surface area contributed by atoms with Crippen LogP contribution >= 0.6 is 24.0 Å². The first-order valence-electron chi connectivity index (χ1n) is 10.3. The quantitative estimate of drug-likeness (QED) is 0.267. The molecule has 8 heteroatoms. The van der Waals surface area contributed by atoms with Crippen LogP contribution in [0.15, 0.2) is 29.3 Å². The Balaban J connectivity index is 0.00000420. The summed E-state index contributed by atoms with van der Waals surface area (Å²) >= 11 is 0. The number of hydrogen-bond acceptors (Lipinski definition) is 4. The molecule has 164 valence electrons. The van der Waals surface area contributed by atoms with Gasteiger partial charge in [-0.2, -0.15) is 0 Å². The lowest BCUT2D eigenvalue weighted by Crippen LogP contribution is -2.46. The molecule has 1 heterocycles. The van der Waals surface area contributed by atoms with E-state index in [1.165, 1.54) is 24.8 Å². The lowest BCUT2D eigenvalue weighted by atomic mass is 10.0. The minimum atomic E-state index is -0.0208. The second-order valence-corrected chi connectivity index (χ2v) is 7.04. The van der Waals surface area contributed by atoms with E-state index in [0.717, 1.165) is 31.8 Å². The Bertz CT molecular complexity index is 618. The first-order valence-corrected chi connectivity index (χ1v) is 10.3. The number of carbonyl (C=O) groups excluding carboxylic acids is 1. The summed E-state index contributed by atoms with van der Waals surface area (Å²) in [7, 11) is 3.41. The molecule has 1 atom stereocenters. The molecule has 1 aromatic carbocycles. The Labute approximate surface area is 192 Å². The average molecular weight is 517 g/mol. The molecule has 3 N–H and O–H groups in total. The summed E-state index contributed by atoms with van der Waals surface area (Å²) in [5, 5.41) is 9.35. The monoisotopic (exact) mass is 517 g/mol. The van der Waals surface area contributed by atoms with E-state index >= 15 is 0 Å². The van der Waals surface area contributed by atoms with E-state index in [0.29, 0.717) is 12.5 Å². The number of hydrogen-bond donors (Lipinski definition) is 3. The van der Waals surface area contributed by atoms with E-state index < -0.39 is 0 Å². The zero-order valence-corrected chi connectivity index (χ0v) is 20.2. The van der Waals surface area contributed by atoms with Crippen LogP contribution in [-0.2, 0) is 4.79 Å². The summed E-state index contributed by atoms with van der Waals surface area (Å²) in [6, 6.07) is 8.54. The number of halogens is 1. The second-order valence-electron chi connectivity index (χ2n) is 7.04. The summed E-state index contributed by atoms with van der Waals surface area (Å²) in [4.78, 5) is 18.6. The van der Waals surface area contributed by atoms with Crippen LogP contribution in [0.2, 0.25) is 0 Å². The molecule has 1 unspecified atom stereocenters. The average Bonchev–Trinajstić information content (AvgIpc) is 2.75. The van der Waals surface area contributed by atoms with Crippen molar-refractivity contribution in [2.75, 3.05) is 46.9 Å². The van der Waals surface area contributed by atoms with Gasteiger partial charge in [0.15, 0.2) is 5.96 Å². The van der Waals surface area contributed by atoms with Gasteiger partial charge in [0.1, 0.15) is 5.75 Å². The van der Waals surface area contributed by atoms with Gasteiger partial charge < -0.3 is 20.7 Å². The highest BCUT2D eigenvalue weighted by Crippen LogP contribution is 2.25. The SMILES string of the molecule is CCCNC(=O)CNC(=NC)NCC(c1ccc(OC)cc1)N1CCCCC1.I. The van der Waals surface area contributed by atoms with E-state index in [-0.39, 0.29) is 42.5 Å². The van der Waals surface area contributed by atoms with Crippen LogP contribution in [0.4, 0.5) is 0 Å². The van der Waals surface area contributed by atoms with Gasteiger partial charge in [0, 0.05) is 20.1 Å². The van der Waals surface area contributed by atoms with E-state index in [9.17, 15) is 4.79 Å². The molecule has 1 fully saturated rings. The molecule has 0 radical (unpaired) electrons. The number of ether oxygens (including phenoxy) is 1. The lowest BCUT2D eigenvalue weighted by Gasteiger charge is -2.35. The van der Waals surface area contributed by atoms with Crippen molar-refractivity contribution in [1.29, 1.82) is 0 Å². The van der Waals surface area contributed by atoms with Gasteiger partial charge in [-0.1, -0.05) is 25.5 Å². The molecule has 0 spiro atoms. The summed E-state index contributed by atoms with van der Waals surface area (Å²) < 4.78 is 5.30. The number of methoxy groups -OCH3 is 1. The topological polar surface area (TPSA) is 78.0 Å². The van der Waals surface area contributed by atoms with Crippen LogP contribution < -0.4 is 20.7 Å². The zero-order valence-electron chi connectivity index (χ0n) is 17.9. The van der Waals surface area contributed by atoms with Gasteiger partial charge in [-0.3, -0.25) is 14.7 Å². The van der Waals surface area contributed by atoms with Gasteiger partial charge in [-0.15, -0.1) is 24.0 Å². The molecule has 1 amide bonds. The normalized spacial score (nSPS) is 15.8. The van der Waals surface area contributed by atoms with Crippen molar-refractivity contribution in [1.82, 2.24) is 20.9 Å². The van der Waals surface area contributed by atoms with Crippen molar-refractivity contribution < 1.29 is 9.53 Å². The van der Waals surface area contributed by atoms with E-state index in [2.05, 4.69) is 38.0 Å². The molecule has 2 rings (SSSR count). The maximum absolute atomic E-state index is 11.8. The molecule has 0 saturated carbocycles. The molecule has 29 heavy (non-hydrogen) atoms. The third kappa shape index (κ3) is 8.77. The molecule has 1 saturated heterocycles. The Morgan fingerprint density at radius 1 is 1.14 bits per heavy atom. The number of carbonyl (C=O) groups is 1. The highest BCUT2D eigenvalue weighted by molar-refractivity contribution is 14.0. The van der Waals surface area contributed by atoms with Crippen molar-refractivity contribution in [3.05, 3.63) is 29.8 Å². The number of piperidine rings is 1. The molecule has 1 aliphatic rings. The summed E-state index contributed by atoms with van der Waals surface area (Å²) in [6.07, 6.45) is 4.70. The molecule has 0 aliphatic carbocycles. The van der Waals surface area contributed by atoms with Gasteiger partial charge >= 0.3 is 0 Å². The first kappa shape index (κ1) is 25.5. The number of rotatable bonds is 9. The van der Waals surface area contributed by atoms with E-state index in [1.807, 2.05) is 19.1 Å². The fourth-order valence-electron chi connectivity index (χ4n) is 3.42. The van der Waals surface area contributed by atoms with Crippen LogP contribution in [0, 0.1) is 0 Å².